The van der Waals surface area contributed by atoms with Crippen molar-refractivity contribution in [3.8, 4) is 11.3 Å². The first-order chi connectivity index (χ1) is 13.5. The number of halogens is 2. The molecule has 1 amide bonds. The Bertz CT molecular complexity index is 1060. The number of carbonyl (C=O) groups excluding carboxylic acids is 1. The second-order valence-corrected chi connectivity index (χ2v) is 7.44. The van der Waals surface area contributed by atoms with Crippen LogP contribution in [0.3, 0.4) is 0 Å². The van der Waals surface area contributed by atoms with Crippen LogP contribution in [0.15, 0.2) is 52.0 Å². The molecule has 0 aliphatic carbocycles. The van der Waals surface area contributed by atoms with E-state index in [2.05, 4.69) is 5.10 Å². The van der Waals surface area contributed by atoms with E-state index in [1.807, 2.05) is 16.8 Å². The number of rotatable bonds is 3. The summed E-state index contributed by atoms with van der Waals surface area (Å²) >= 11 is 1.56. The molecule has 4 rings (SSSR count). The van der Waals surface area contributed by atoms with Crippen molar-refractivity contribution in [3.63, 3.8) is 0 Å². The summed E-state index contributed by atoms with van der Waals surface area (Å²) in [6.07, 6.45) is 1.07. The van der Waals surface area contributed by atoms with Crippen molar-refractivity contribution < 1.29 is 13.6 Å². The highest BCUT2D eigenvalue weighted by atomic mass is 32.1. The Hall–Kier alpha value is -2.87. The lowest BCUT2D eigenvalue weighted by atomic mass is 10.0. The Morgan fingerprint density at radius 2 is 1.89 bits per heavy atom. The lowest BCUT2D eigenvalue weighted by Crippen LogP contribution is -2.41. The van der Waals surface area contributed by atoms with Crippen LogP contribution >= 0.6 is 11.3 Å². The van der Waals surface area contributed by atoms with Gasteiger partial charge in [-0.05, 0) is 42.5 Å². The third-order valence-corrected chi connectivity index (χ3v) is 5.58. The molecule has 0 saturated carbocycles. The third-order valence-electron chi connectivity index (χ3n) is 4.90. The normalized spacial score (nSPS) is 15.0. The second-order valence-electron chi connectivity index (χ2n) is 6.66. The van der Waals surface area contributed by atoms with E-state index in [9.17, 15) is 18.4 Å². The van der Waals surface area contributed by atoms with Gasteiger partial charge in [0.15, 0.2) is 0 Å². The van der Waals surface area contributed by atoms with Gasteiger partial charge in [0.1, 0.15) is 11.6 Å². The van der Waals surface area contributed by atoms with Crippen LogP contribution in [0.5, 0.6) is 0 Å². The highest BCUT2D eigenvalue weighted by Gasteiger charge is 2.27. The van der Waals surface area contributed by atoms with Crippen molar-refractivity contribution in [2.24, 2.45) is 0 Å². The summed E-state index contributed by atoms with van der Waals surface area (Å²) < 4.78 is 28.4. The number of likely N-dealkylation sites (tertiary alicyclic amines) is 1. The highest BCUT2D eigenvalue weighted by molar-refractivity contribution is 7.08. The van der Waals surface area contributed by atoms with Gasteiger partial charge in [-0.25, -0.2) is 13.5 Å². The molecule has 1 saturated heterocycles. The molecule has 0 N–H and O–H groups in total. The van der Waals surface area contributed by atoms with Gasteiger partial charge in [0.05, 0.1) is 17.3 Å². The minimum Gasteiger partial charge on any atom is -0.338 e. The minimum absolute atomic E-state index is 0.131. The summed E-state index contributed by atoms with van der Waals surface area (Å²) in [6.45, 7) is 0.744. The molecule has 0 atom stereocenters. The van der Waals surface area contributed by atoms with Crippen LogP contribution in [0.2, 0.25) is 0 Å². The summed E-state index contributed by atoms with van der Waals surface area (Å²) in [5.41, 5.74) is 1.36. The van der Waals surface area contributed by atoms with Gasteiger partial charge in [-0.15, -0.1) is 0 Å². The summed E-state index contributed by atoms with van der Waals surface area (Å²) in [4.78, 5) is 26.4. The Labute approximate surface area is 163 Å². The predicted molar refractivity (Wildman–Crippen MR) is 102 cm³/mol. The van der Waals surface area contributed by atoms with Crippen molar-refractivity contribution in [3.05, 3.63) is 74.7 Å². The van der Waals surface area contributed by atoms with E-state index in [-0.39, 0.29) is 17.2 Å². The maximum absolute atomic E-state index is 13.9. The third kappa shape index (κ3) is 3.60. The molecule has 3 aromatic rings. The van der Waals surface area contributed by atoms with Gasteiger partial charge in [-0.1, -0.05) is 0 Å². The Kier molecular flexibility index (Phi) is 5.04. The van der Waals surface area contributed by atoms with E-state index in [4.69, 9.17) is 0 Å². The predicted octanol–water partition coefficient (Wildman–Crippen LogP) is 3.73. The van der Waals surface area contributed by atoms with Gasteiger partial charge in [-0.3, -0.25) is 9.59 Å². The minimum atomic E-state index is -0.867. The highest BCUT2D eigenvalue weighted by Crippen LogP contribution is 2.24. The molecule has 0 bridgehead atoms. The standard InChI is InChI=1S/C20H17F2N3O2S/c21-14-1-2-16(17(22)11-14)20(27)24-8-5-15(6-9-24)25-19(26)4-3-18(23-25)13-7-10-28-12-13/h1-4,7,10-12,15H,5-6,8-9H2. The fraction of sp³-hybridized carbons (Fsp3) is 0.250. The Morgan fingerprint density at radius 3 is 2.57 bits per heavy atom. The molecule has 1 aromatic carbocycles. The number of nitrogens with zero attached hydrogens (tertiary/aromatic N) is 3. The van der Waals surface area contributed by atoms with Gasteiger partial charge in [-0.2, -0.15) is 16.4 Å². The van der Waals surface area contributed by atoms with Crippen LogP contribution in [0.4, 0.5) is 8.78 Å². The smallest absolute Gasteiger partial charge is 0.267 e. The maximum Gasteiger partial charge on any atom is 0.267 e. The number of piperidine rings is 1. The lowest BCUT2D eigenvalue weighted by molar-refractivity contribution is 0.0683. The van der Waals surface area contributed by atoms with Crippen LogP contribution < -0.4 is 5.56 Å². The number of amides is 1. The summed E-state index contributed by atoms with van der Waals surface area (Å²) in [5.74, 6) is -2.06. The molecule has 5 nitrogen and oxygen atoms in total. The quantitative estimate of drug-likeness (QED) is 0.672. The van der Waals surface area contributed by atoms with Crippen LogP contribution in [-0.4, -0.2) is 33.7 Å². The average Bonchev–Trinajstić information content (AvgIpc) is 3.23. The van der Waals surface area contributed by atoms with Crippen molar-refractivity contribution in [2.45, 2.75) is 18.9 Å². The molecule has 0 radical (unpaired) electrons. The number of hydrogen-bond donors (Lipinski definition) is 0. The van der Waals surface area contributed by atoms with Crippen molar-refractivity contribution >= 4 is 17.2 Å². The Morgan fingerprint density at radius 1 is 1.11 bits per heavy atom. The van der Waals surface area contributed by atoms with E-state index in [0.29, 0.717) is 32.0 Å². The Balaban J connectivity index is 1.49. The van der Waals surface area contributed by atoms with Crippen molar-refractivity contribution in [1.82, 2.24) is 14.7 Å². The molecule has 144 valence electrons. The molecule has 3 heterocycles. The molecular weight excluding hydrogens is 384 g/mol. The first-order valence-electron chi connectivity index (χ1n) is 8.89. The van der Waals surface area contributed by atoms with Crippen LogP contribution in [0.1, 0.15) is 29.2 Å². The van der Waals surface area contributed by atoms with Crippen molar-refractivity contribution in [2.75, 3.05) is 13.1 Å². The molecule has 0 unspecified atom stereocenters. The van der Waals surface area contributed by atoms with E-state index in [1.54, 1.807) is 17.4 Å². The first-order valence-corrected chi connectivity index (χ1v) is 9.84. The fourth-order valence-electron chi connectivity index (χ4n) is 3.40. The topological polar surface area (TPSA) is 55.2 Å². The molecule has 2 aromatic heterocycles. The number of carbonyl (C=O) groups is 1. The second kappa shape index (κ2) is 7.63. The SMILES string of the molecule is O=C(c1ccc(F)cc1F)N1CCC(n2nc(-c3ccsc3)ccc2=O)CC1. The summed E-state index contributed by atoms with van der Waals surface area (Å²) in [5, 5.41) is 8.41. The average molecular weight is 401 g/mol. The summed E-state index contributed by atoms with van der Waals surface area (Å²) in [6, 6.07) is 7.97. The molecule has 0 spiro atoms. The monoisotopic (exact) mass is 401 g/mol. The maximum atomic E-state index is 13.9. The van der Waals surface area contributed by atoms with E-state index in [1.165, 1.54) is 15.6 Å². The van der Waals surface area contributed by atoms with Gasteiger partial charge in [0, 0.05) is 36.2 Å². The molecule has 8 heteroatoms. The molecule has 1 aliphatic rings. The number of benzene rings is 1. The van der Waals surface area contributed by atoms with E-state index in [0.717, 1.165) is 23.4 Å². The van der Waals surface area contributed by atoms with E-state index < -0.39 is 17.5 Å². The lowest BCUT2D eigenvalue weighted by Gasteiger charge is -2.32. The molecule has 1 aliphatic heterocycles. The number of aromatic nitrogens is 2. The fourth-order valence-corrected chi connectivity index (χ4v) is 4.05. The van der Waals surface area contributed by atoms with Gasteiger partial charge >= 0.3 is 0 Å². The molecule has 28 heavy (non-hydrogen) atoms. The van der Waals surface area contributed by atoms with Crippen molar-refractivity contribution in [1.29, 1.82) is 0 Å². The number of thiophene rings is 1. The van der Waals surface area contributed by atoms with Crippen LogP contribution in [0.25, 0.3) is 11.3 Å². The first kappa shape index (κ1) is 18.5. The van der Waals surface area contributed by atoms with Gasteiger partial charge in [0.25, 0.3) is 11.5 Å². The molecular formula is C20H17F2N3O2S. The van der Waals surface area contributed by atoms with Crippen LogP contribution in [-0.2, 0) is 0 Å². The van der Waals surface area contributed by atoms with E-state index >= 15 is 0 Å². The van der Waals surface area contributed by atoms with Gasteiger partial charge < -0.3 is 4.90 Å². The largest absolute Gasteiger partial charge is 0.338 e. The zero-order valence-electron chi connectivity index (χ0n) is 14.8. The van der Waals surface area contributed by atoms with Crippen LogP contribution in [0, 0.1) is 11.6 Å². The summed E-state index contributed by atoms with van der Waals surface area (Å²) in [7, 11) is 0. The number of hydrogen-bond acceptors (Lipinski definition) is 4. The molecule has 1 fully saturated rings. The zero-order chi connectivity index (χ0) is 19.7. The van der Waals surface area contributed by atoms with Gasteiger partial charge in [0.2, 0.25) is 0 Å². The zero-order valence-corrected chi connectivity index (χ0v) is 15.7.